The predicted octanol–water partition coefficient (Wildman–Crippen LogP) is 0.735. The van der Waals surface area contributed by atoms with Gasteiger partial charge in [-0.15, -0.1) is 0 Å². The highest BCUT2D eigenvalue weighted by atomic mass is 32.2. The maximum Gasteiger partial charge on any atom is 0.269 e. The van der Waals surface area contributed by atoms with Gasteiger partial charge in [0.15, 0.2) is 0 Å². The Bertz CT molecular complexity index is 604. The van der Waals surface area contributed by atoms with Crippen molar-refractivity contribution in [2.24, 2.45) is 0 Å². The van der Waals surface area contributed by atoms with Gasteiger partial charge in [0.2, 0.25) is 10.0 Å². The molecule has 3 atom stereocenters. The topological polar surface area (TPSA) is 110 Å². The standard InChI is InChI=1S/C11H13FN2O5S/c12-10-5-8(15)6-11(10)13-20(18,19)9-3-1-7(2-4-9)14(16)17/h1-4,8,10-11,13,15H,5-6H2/t8-,10-,11-/m1/s1. The zero-order valence-corrected chi connectivity index (χ0v) is 11.1. The fraction of sp³-hybridized carbons (Fsp3) is 0.455. The number of hydrogen-bond donors (Lipinski definition) is 2. The lowest BCUT2D eigenvalue weighted by Crippen LogP contribution is -2.38. The quantitative estimate of drug-likeness (QED) is 0.629. The Labute approximate surface area is 114 Å². The van der Waals surface area contributed by atoms with E-state index in [0.29, 0.717) is 0 Å². The van der Waals surface area contributed by atoms with Crippen molar-refractivity contribution in [2.45, 2.75) is 36.1 Å². The van der Waals surface area contributed by atoms with Crippen LogP contribution in [0.3, 0.4) is 0 Å². The van der Waals surface area contributed by atoms with Crippen LogP contribution in [0.15, 0.2) is 29.2 Å². The van der Waals surface area contributed by atoms with E-state index < -0.39 is 33.3 Å². The Kier molecular flexibility index (Phi) is 4.02. The highest BCUT2D eigenvalue weighted by Gasteiger charge is 2.36. The summed E-state index contributed by atoms with van der Waals surface area (Å²) in [5.74, 6) is 0. The minimum Gasteiger partial charge on any atom is -0.393 e. The lowest BCUT2D eigenvalue weighted by molar-refractivity contribution is -0.384. The minimum absolute atomic E-state index is 0.00732. The first kappa shape index (κ1) is 14.8. The summed E-state index contributed by atoms with van der Waals surface area (Å²) in [6, 6.07) is 3.30. The third kappa shape index (κ3) is 3.11. The lowest BCUT2D eigenvalue weighted by atomic mass is 10.2. The lowest BCUT2D eigenvalue weighted by Gasteiger charge is -2.14. The molecule has 0 aromatic heterocycles. The Morgan fingerprint density at radius 3 is 2.35 bits per heavy atom. The number of nitro groups is 1. The number of halogens is 1. The second-order valence-corrected chi connectivity index (χ2v) is 6.33. The van der Waals surface area contributed by atoms with E-state index in [9.17, 15) is 28.0 Å². The van der Waals surface area contributed by atoms with Gasteiger partial charge in [0.05, 0.1) is 22.0 Å². The van der Waals surface area contributed by atoms with E-state index in [2.05, 4.69) is 4.72 Å². The summed E-state index contributed by atoms with van der Waals surface area (Å²) in [4.78, 5) is 9.66. The van der Waals surface area contributed by atoms with E-state index in [1.54, 1.807) is 0 Å². The van der Waals surface area contributed by atoms with Crippen LogP contribution >= 0.6 is 0 Å². The van der Waals surface area contributed by atoms with Gasteiger partial charge >= 0.3 is 0 Å². The summed E-state index contributed by atoms with van der Waals surface area (Å²) < 4.78 is 39.6. The second kappa shape index (κ2) is 5.43. The number of sulfonamides is 1. The number of benzene rings is 1. The summed E-state index contributed by atoms with van der Waals surface area (Å²) >= 11 is 0. The number of rotatable bonds is 4. The van der Waals surface area contributed by atoms with E-state index in [-0.39, 0.29) is 23.4 Å². The summed E-state index contributed by atoms with van der Waals surface area (Å²) in [5, 5.41) is 19.8. The predicted molar refractivity (Wildman–Crippen MR) is 67.3 cm³/mol. The molecule has 1 aromatic carbocycles. The SMILES string of the molecule is O=[N+]([O-])c1ccc(S(=O)(=O)N[C@@H]2C[C@H](O)C[C@H]2F)cc1. The third-order valence-corrected chi connectivity index (χ3v) is 4.63. The van der Waals surface area contributed by atoms with Crippen LogP contribution in [-0.4, -0.2) is 36.8 Å². The summed E-state index contributed by atoms with van der Waals surface area (Å²) in [6.07, 6.45) is -2.41. The Hall–Kier alpha value is -1.58. The molecule has 0 radical (unpaired) electrons. The molecule has 0 amide bonds. The molecule has 20 heavy (non-hydrogen) atoms. The van der Waals surface area contributed by atoms with E-state index in [4.69, 9.17) is 0 Å². The molecule has 2 N–H and O–H groups in total. The molecule has 9 heteroatoms. The van der Waals surface area contributed by atoms with Crippen LogP contribution in [0, 0.1) is 10.1 Å². The molecule has 0 unspecified atom stereocenters. The highest BCUT2D eigenvalue weighted by molar-refractivity contribution is 7.89. The van der Waals surface area contributed by atoms with Crippen LogP contribution in [0.25, 0.3) is 0 Å². The smallest absolute Gasteiger partial charge is 0.269 e. The zero-order chi connectivity index (χ0) is 14.9. The number of nitrogens with zero attached hydrogens (tertiary/aromatic N) is 1. The molecule has 7 nitrogen and oxygen atoms in total. The van der Waals surface area contributed by atoms with Gasteiger partial charge in [-0.05, 0) is 18.6 Å². The Morgan fingerprint density at radius 1 is 1.30 bits per heavy atom. The van der Waals surface area contributed by atoms with Crippen molar-refractivity contribution in [3.05, 3.63) is 34.4 Å². The highest BCUT2D eigenvalue weighted by Crippen LogP contribution is 2.25. The van der Waals surface area contributed by atoms with Gasteiger partial charge in [-0.25, -0.2) is 17.5 Å². The number of non-ortho nitro benzene ring substituents is 1. The molecule has 1 fully saturated rings. The van der Waals surface area contributed by atoms with Crippen LogP contribution in [0.2, 0.25) is 0 Å². The average molecular weight is 304 g/mol. The average Bonchev–Trinajstić information content (AvgIpc) is 2.67. The van der Waals surface area contributed by atoms with Crippen LogP contribution in [-0.2, 0) is 10.0 Å². The third-order valence-electron chi connectivity index (χ3n) is 3.12. The molecule has 0 bridgehead atoms. The van der Waals surface area contributed by atoms with Crippen molar-refractivity contribution >= 4 is 15.7 Å². The summed E-state index contributed by atoms with van der Waals surface area (Å²) in [7, 11) is -3.97. The van der Waals surface area contributed by atoms with E-state index in [1.807, 2.05) is 0 Å². The molecule has 1 aromatic rings. The van der Waals surface area contributed by atoms with Gasteiger partial charge in [-0.2, -0.15) is 0 Å². The first-order chi connectivity index (χ1) is 9.29. The van der Waals surface area contributed by atoms with Crippen molar-refractivity contribution < 1.29 is 22.8 Å². The summed E-state index contributed by atoms with van der Waals surface area (Å²) in [6.45, 7) is 0. The van der Waals surface area contributed by atoms with Gasteiger partial charge in [0.25, 0.3) is 5.69 Å². The molecule has 0 heterocycles. The maximum absolute atomic E-state index is 13.5. The zero-order valence-electron chi connectivity index (χ0n) is 10.3. The molecular weight excluding hydrogens is 291 g/mol. The first-order valence-electron chi connectivity index (χ1n) is 5.88. The first-order valence-corrected chi connectivity index (χ1v) is 7.37. The summed E-state index contributed by atoms with van der Waals surface area (Å²) in [5.41, 5.74) is -0.233. The van der Waals surface area contributed by atoms with E-state index in [0.717, 1.165) is 24.3 Å². The number of nitro benzene ring substituents is 1. The van der Waals surface area contributed by atoms with Crippen LogP contribution in [0.4, 0.5) is 10.1 Å². The molecule has 2 rings (SSSR count). The Balaban J connectivity index is 2.16. The molecule has 0 aliphatic heterocycles. The normalized spacial score (nSPS) is 26.6. The molecule has 110 valence electrons. The van der Waals surface area contributed by atoms with Crippen molar-refractivity contribution in [1.29, 1.82) is 0 Å². The van der Waals surface area contributed by atoms with Crippen molar-refractivity contribution in [1.82, 2.24) is 4.72 Å². The fourth-order valence-electron chi connectivity index (χ4n) is 2.10. The van der Waals surface area contributed by atoms with E-state index >= 15 is 0 Å². The molecular formula is C11H13FN2O5S. The number of alkyl halides is 1. The number of hydrogen-bond acceptors (Lipinski definition) is 5. The van der Waals surface area contributed by atoms with Gasteiger partial charge in [-0.1, -0.05) is 0 Å². The van der Waals surface area contributed by atoms with Crippen molar-refractivity contribution in [3.63, 3.8) is 0 Å². The minimum atomic E-state index is -3.97. The molecule has 1 saturated carbocycles. The van der Waals surface area contributed by atoms with Gasteiger partial charge in [-0.3, -0.25) is 10.1 Å². The van der Waals surface area contributed by atoms with Crippen LogP contribution in [0.1, 0.15) is 12.8 Å². The number of aliphatic hydroxyl groups is 1. The number of aliphatic hydroxyl groups excluding tert-OH is 1. The van der Waals surface area contributed by atoms with Crippen molar-refractivity contribution in [3.8, 4) is 0 Å². The number of nitrogens with one attached hydrogen (secondary N) is 1. The van der Waals surface area contributed by atoms with Gasteiger partial charge in [0, 0.05) is 18.6 Å². The maximum atomic E-state index is 13.5. The largest absolute Gasteiger partial charge is 0.393 e. The van der Waals surface area contributed by atoms with E-state index in [1.165, 1.54) is 0 Å². The molecule has 0 spiro atoms. The van der Waals surface area contributed by atoms with Gasteiger partial charge < -0.3 is 5.11 Å². The molecule has 1 aliphatic rings. The van der Waals surface area contributed by atoms with Crippen LogP contribution in [0.5, 0.6) is 0 Å². The van der Waals surface area contributed by atoms with Gasteiger partial charge in [0.1, 0.15) is 6.17 Å². The molecule has 0 saturated heterocycles. The monoisotopic (exact) mass is 304 g/mol. The fourth-order valence-corrected chi connectivity index (χ4v) is 3.37. The van der Waals surface area contributed by atoms with Crippen molar-refractivity contribution in [2.75, 3.05) is 0 Å². The van der Waals surface area contributed by atoms with Crippen LogP contribution < -0.4 is 4.72 Å². The Morgan fingerprint density at radius 2 is 1.90 bits per heavy atom. The molecule has 1 aliphatic carbocycles. The second-order valence-electron chi connectivity index (χ2n) is 4.62.